The highest BCUT2D eigenvalue weighted by atomic mass is 16.6. The lowest BCUT2D eigenvalue weighted by atomic mass is 10.1. The van der Waals surface area contributed by atoms with Crippen molar-refractivity contribution < 1.29 is 24.2 Å². The molecule has 3 aromatic carbocycles. The molecule has 0 aliphatic heterocycles. The molecule has 0 atom stereocenters. The molecular weight excluding hydrogens is 400 g/mol. The van der Waals surface area contributed by atoms with Gasteiger partial charge in [-0.2, -0.15) is 0 Å². The minimum Gasteiger partial charge on any atom is -0.465 e. The van der Waals surface area contributed by atoms with E-state index in [2.05, 4.69) is 5.18 Å². The van der Waals surface area contributed by atoms with Gasteiger partial charge in [0.25, 0.3) is 0 Å². The van der Waals surface area contributed by atoms with Crippen molar-refractivity contribution in [3.05, 3.63) is 94.4 Å². The van der Waals surface area contributed by atoms with Crippen LogP contribution in [0.2, 0.25) is 0 Å². The fourth-order valence-electron chi connectivity index (χ4n) is 2.86. The number of nitroso groups, excluding NO2 is 1. The summed E-state index contributed by atoms with van der Waals surface area (Å²) in [5.41, 5.74) is 2.53. The first kappa shape index (κ1) is 21.7. The Kier molecular flexibility index (Phi) is 7.08. The van der Waals surface area contributed by atoms with E-state index < -0.39 is 12.1 Å². The van der Waals surface area contributed by atoms with Crippen LogP contribution in [0, 0.1) is 4.91 Å². The zero-order valence-electron chi connectivity index (χ0n) is 16.7. The molecule has 3 aromatic rings. The van der Waals surface area contributed by atoms with Gasteiger partial charge in [-0.1, -0.05) is 24.3 Å². The van der Waals surface area contributed by atoms with Crippen LogP contribution < -0.4 is 9.64 Å². The van der Waals surface area contributed by atoms with Crippen LogP contribution in [0.4, 0.5) is 16.2 Å². The van der Waals surface area contributed by atoms with Crippen LogP contribution in [0.5, 0.6) is 5.75 Å². The van der Waals surface area contributed by atoms with E-state index in [1.165, 1.54) is 36.3 Å². The summed E-state index contributed by atoms with van der Waals surface area (Å²) in [6.07, 6.45) is -0.654. The maximum atomic E-state index is 13.0. The third kappa shape index (κ3) is 5.52. The third-order valence-corrected chi connectivity index (χ3v) is 4.49. The van der Waals surface area contributed by atoms with E-state index in [9.17, 15) is 19.6 Å². The molecule has 0 radical (unpaired) electrons. The summed E-state index contributed by atoms with van der Waals surface area (Å²) in [5, 5.41) is 12.3. The Labute approximate surface area is 178 Å². The second-order valence-electron chi connectivity index (χ2n) is 6.56. The summed E-state index contributed by atoms with van der Waals surface area (Å²) in [5.74, 6) is -0.200. The first-order valence-corrected chi connectivity index (χ1v) is 9.34. The maximum Gasteiger partial charge on any atom is 0.420 e. The third-order valence-electron chi connectivity index (χ3n) is 4.49. The van der Waals surface area contributed by atoms with Crippen LogP contribution >= 0.6 is 0 Å². The Morgan fingerprint density at radius 2 is 1.68 bits per heavy atom. The highest BCUT2D eigenvalue weighted by molar-refractivity contribution is 5.90. The Hall–Kier alpha value is -4.04. The van der Waals surface area contributed by atoms with Crippen LogP contribution in [-0.2, 0) is 17.9 Å². The number of anilines is 1. The van der Waals surface area contributed by atoms with Crippen molar-refractivity contribution in [3.8, 4) is 5.75 Å². The highest BCUT2D eigenvalue weighted by Crippen LogP contribution is 2.23. The molecule has 0 saturated carbocycles. The number of carbonyl (C=O) groups excluding carboxylic acids is 2. The summed E-state index contributed by atoms with van der Waals surface area (Å²) in [4.78, 5) is 36.6. The van der Waals surface area contributed by atoms with Crippen molar-refractivity contribution >= 4 is 23.4 Å². The standard InChI is InChI=1S/C23H20N2O6/c1-30-22(27)18-7-5-16(6-8-18)14-25(20-4-2-3-17(13-20)15-26)23(28)31-21-11-9-19(24-29)10-12-21/h2-13,26H,14-15H2,1H3. The van der Waals surface area contributed by atoms with Crippen molar-refractivity contribution in [2.45, 2.75) is 13.2 Å². The molecule has 8 heteroatoms. The summed E-state index contributed by atoms with van der Waals surface area (Å²) in [7, 11) is 1.31. The number of aliphatic hydroxyl groups is 1. The van der Waals surface area contributed by atoms with E-state index in [0.717, 1.165) is 5.56 Å². The topological polar surface area (TPSA) is 106 Å². The van der Waals surface area contributed by atoms with E-state index in [1.54, 1.807) is 48.5 Å². The molecule has 0 bridgehead atoms. The van der Waals surface area contributed by atoms with E-state index in [-0.39, 0.29) is 24.6 Å². The number of methoxy groups -OCH3 is 1. The van der Waals surface area contributed by atoms with Gasteiger partial charge in [-0.05, 0) is 64.8 Å². The van der Waals surface area contributed by atoms with Crippen molar-refractivity contribution in [1.82, 2.24) is 0 Å². The van der Waals surface area contributed by atoms with Gasteiger partial charge in [-0.3, -0.25) is 4.90 Å². The van der Waals surface area contributed by atoms with Gasteiger partial charge >= 0.3 is 12.1 Å². The second-order valence-corrected chi connectivity index (χ2v) is 6.56. The SMILES string of the molecule is COC(=O)c1ccc(CN(C(=O)Oc2ccc(N=O)cc2)c2cccc(CO)c2)cc1. The zero-order valence-corrected chi connectivity index (χ0v) is 16.7. The predicted octanol–water partition coefficient (Wildman–Crippen LogP) is 4.57. The van der Waals surface area contributed by atoms with Gasteiger partial charge in [-0.25, -0.2) is 9.59 Å². The molecule has 0 heterocycles. The fraction of sp³-hybridized carbons (Fsp3) is 0.130. The number of amides is 1. The zero-order chi connectivity index (χ0) is 22.2. The molecular formula is C23H20N2O6. The largest absolute Gasteiger partial charge is 0.465 e. The van der Waals surface area contributed by atoms with Gasteiger partial charge in [0.05, 0.1) is 25.8 Å². The lowest BCUT2D eigenvalue weighted by Crippen LogP contribution is -2.33. The monoisotopic (exact) mass is 420 g/mol. The molecule has 1 amide bonds. The van der Waals surface area contributed by atoms with Gasteiger partial charge in [0.1, 0.15) is 11.4 Å². The number of nitrogens with zero attached hydrogens (tertiary/aromatic N) is 2. The van der Waals surface area contributed by atoms with E-state index in [0.29, 0.717) is 16.8 Å². The average molecular weight is 420 g/mol. The van der Waals surface area contributed by atoms with Crippen LogP contribution in [-0.4, -0.2) is 24.3 Å². The Morgan fingerprint density at radius 1 is 0.968 bits per heavy atom. The Morgan fingerprint density at radius 3 is 2.29 bits per heavy atom. The van der Waals surface area contributed by atoms with Crippen LogP contribution in [0.25, 0.3) is 0 Å². The number of aliphatic hydroxyl groups excluding tert-OH is 1. The van der Waals surface area contributed by atoms with E-state index in [4.69, 9.17) is 9.47 Å². The highest BCUT2D eigenvalue weighted by Gasteiger charge is 2.19. The van der Waals surface area contributed by atoms with Crippen molar-refractivity contribution in [2.24, 2.45) is 5.18 Å². The predicted molar refractivity (Wildman–Crippen MR) is 114 cm³/mol. The van der Waals surface area contributed by atoms with Crippen LogP contribution in [0.15, 0.2) is 78.0 Å². The number of rotatable bonds is 7. The fourth-order valence-corrected chi connectivity index (χ4v) is 2.86. The lowest BCUT2D eigenvalue weighted by Gasteiger charge is -2.23. The lowest BCUT2D eigenvalue weighted by molar-refractivity contribution is 0.0600. The molecule has 0 aliphatic rings. The Bertz CT molecular complexity index is 1060. The summed E-state index contributed by atoms with van der Waals surface area (Å²) >= 11 is 0. The summed E-state index contributed by atoms with van der Waals surface area (Å²) < 4.78 is 10.2. The van der Waals surface area contributed by atoms with Gasteiger partial charge < -0.3 is 14.6 Å². The minimum atomic E-state index is -0.654. The number of benzene rings is 3. The molecule has 158 valence electrons. The van der Waals surface area contributed by atoms with Crippen LogP contribution in [0.1, 0.15) is 21.5 Å². The van der Waals surface area contributed by atoms with Gasteiger partial charge in [0, 0.05) is 5.69 Å². The van der Waals surface area contributed by atoms with Crippen molar-refractivity contribution in [1.29, 1.82) is 0 Å². The molecule has 0 aliphatic carbocycles. The summed E-state index contributed by atoms with van der Waals surface area (Å²) in [6, 6.07) is 19.4. The molecule has 8 nitrogen and oxygen atoms in total. The number of carbonyl (C=O) groups is 2. The van der Waals surface area contributed by atoms with Crippen LogP contribution in [0.3, 0.4) is 0 Å². The smallest absolute Gasteiger partial charge is 0.420 e. The molecule has 0 aromatic heterocycles. The molecule has 1 N–H and O–H groups in total. The van der Waals surface area contributed by atoms with Gasteiger partial charge in [0.2, 0.25) is 0 Å². The number of hydrogen-bond donors (Lipinski definition) is 1. The minimum absolute atomic E-state index is 0.156. The van der Waals surface area contributed by atoms with E-state index >= 15 is 0 Å². The van der Waals surface area contributed by atoms with Crippen molar-refractivity contribution in [3.63, 3.8) is 0 Å². The molecule has 31 heavy (non-hydrogen) atoms. The summed E-state index contributed by atoms with van der Waals surface area (Å²) in [6.45, 7) is -0.0200. The first-order valence-electron chi connectivity index (χ1n) is 9.34. The maximum absolute atomic E-state index is 13.0. The average Bonchev–Trinajstić information content (AvgIpc) is 2.82. The van der Waals surface area contributed by atoms with Gasteiger partial charge in [-0.15, -0.1) is 4.91 Å². The number of ether oxygens (including phenoxy) is 2. The normalized spacial score (nSPS) is 10.3. The van der Waals surface area contributed by atoms with E-state index in [1.807, 2.05) is 0 Å². The molecule has 0 fully saturated rings. The van der Waals surface area contributed by atoms with Gasteiger partial charge in [0.15, 0.2) is 0 Å². The molecule has 0 saturated heterocycles. The number of hydrogen-bond acceptors (Lipinski definition) is 7. The Balaban J connectivity index is 1.87. The van der Waals surface area contributed by atoms with Crippen molar-refractivity contribution in [2.75, 3.05) is 12.0 Å². The molecule has 3 rings (SSSR count). The molecule has 0 spiro atoms. The molecule has 0 unspecified atom stereocenters. The second kappa shape index (κ2) is 10.1. The quantitative estimate of drug-likeness (QED) is 0.443. The number of esters is 1. The first-order chi connectivity index (χ1) is 15.0.